The lowest BCUT2D eigenvalue weighted by Crippen LogP contribution is -2.19. The third-order valence-electron chi connectivity index (χ3n) is 4.01. The van der Waals surface area contributed by atoms with Gasteiger partial charge in [0.2, 0.25) is 5.89 Å². The summed E-state index contributed by atoms with van der Waals surface area (Å²) in [5, 5.41) is 14.8. The summed E-state index contributed by atoms with van der Waals surface area (Å²) in [6.45, 7) is 3.94. The maximum absolute atomic E-state index is 12.3. The van der Waals surface area contributed by atoms with Crippen molar-refractivity contribution >= 4 is 11.9 Å². The van der Waals surface area contributed by atoms with Crippen LogP contribution in [-0.4, -0.2) is 25.9 Å². The summed E-state index contributed by atoms with van der Waals surface area (Å²) >= 11 is 0. The molecule has 2 aromatic heterocycles. The molecule has 1 amide bonds. The van der Waals surface area contributed by atoms with Crippen molar-refractivity contribution in [2.24, 2.45) is 0 Å². The highest BCUT2D eigenvalue weighted by molar-refractivity contribution is 6.01. The Morgan fingerprint density at radius 2 is 2.09 bits per heavy atom. The molecular weight excluding hydrogens is 282 g/mol. The normalized spacial score (nSPS) is 16.1. The molecule has 22 heavy (non-hydrogen) atoms. The van der Waals surface area contributed by atoms with Gasteiger partial charge in [-0.1, -0.05) is 24.4 Å². The van der Waals surface area contributed by atoms with E-state index < -0.39 is 0 Å². The van der Waals surface area contributed by atoms with Crippen LogP contribution in [0.15, 0.2) is 16.7 Å². The van der Waals surface area contributed by atoms with E-state index in [-0.39, 0.29) is 18.0 Å². The Labute approximate surface area is 129 Å². The highest BCUT2D eigenvalue weighted by Gasteiger charge is 2.22. The number of nitrogens with one attached hydrogen (secondary N) is 1. The lowest BCUT2D eigenvalue weighted by molar-refractivity contribution is 0.101. The molecule has 0 atom stereocenters. The molecule has 0 radical (unpaired) electrons. The Hall–Kier alpha value is -2.18. The van der Waals surface area contributed by atoms with Crippen LogP contribution in [0.2, 0.25) is 0 Å². The second kappa shape index (κ2) is 6.29. The van der Waals surface area contributed by atoms with Crippen molar-refractivity contribution in [3.8, 4) is 0 Å². The van der Waals surface area contributed by atoms with Crippen LogP contribution in [-0.2, 0) is 0 Å². The fourth-order valence-corrected chi connectivity index (χ4v) is 2.87. The highest BCUT2D eigenvalue weighted by Crippen LogP contribution is 2.32. The molecule has 1 aliphatic carbocycles. The van der Waals surface area contributed by atoms with Gasteiger partial charge < -0.3 is 4.42 Å². The predicted octanol–water partition coefficient (Wildman–Crippen LogP) is 3.15. The summed E-state index contributed by atoms with van der Waals surface area (Å²) in [5.41, 5.74) is 0.479. The summed E-state index contributed by atoms with van der Waals surface area (Å²) in [6, 6.07) is 1.94. The first-order valence-electron chi connectivity index (χ1n) is 7.83. The van der Waals surface area contributed by atoms with Gasteiger partial charge in [0.1, 0.15) is 5.69 Å². The summed E-state index contributed by atoms with van der Waals surface area (Å²) in [7, 11) is 0. The van der Waals surface area contributed by atoms with Gasteiger partial charge in [-0.15, -0.1) is 5.10 Å². The number of anilines is 1. The Bertz CT molecular complexity index is 640. The van der Waals surface area contributed by atoms with Gasteiger partial charge in [0.15, 0.2) is 0 Å². The van der Waals surface area contributed by atoms with Crippen molar-refractivity contribution in [2.45, 2.75) is 57.9 Å². The number of carbonyl (C=O) groups excluding carboxylic acids is 1. The lowest BCUT2D eigenvalue weighted by atomic mass is 9.89. The third-order valence-corrected chi connectivity index (χ3v) is 4.01. The van der Waals surface area contributed by atoms with Crippen LogP contribution in [0.5, 0.6) is 0 Å². The second-order valence-corrected chi connectivity index (χ2v) is 5.99. The molecule has 1 fully saturated rings. The maximum Gasteiger partial charge on any atom is 0.322 e. The molecule has 0 unspecified atom stereocenters. The first-order valence-corrected chi connectivity index (χ1v) is 7.83. The van der Waals surface area contributed by atoms with E-state index in [2.05, 4.69) is 20.6 Å². The van der Waals surface area contributed by atoms with Gasteiger partial charge in [-0.2, -0.15) is 5.10 Å². The molecule has 1 saturated carbocycles. The summed E-state index contributed by atoms with van der Waals surface area (Å²) in [5.74, 6) is 0.672. The Morgan fingerprint density at radius 3 is 2.82 bits per heavy atom. The molecule has 3 rings (SSSR count). The van der Waals surface area contributed by atoms with E-state index in [9.17, 15) is 4.79 Å². The standard InChI is InChI=1S/C15H21N5O2/c1-10(2)20-12(8-9-16-20)13(21)17-15-19-18-14(22-15)11-6-4-3-5-7-11/h8-11H,3-7H2,1-2H3,(H,17,19,21). The van der Waals surface area contributed by atoms with E-state index in [1.54, 1.807) is 16.9 Å². The minimum Gasteiger partial charge on any atom is -0.408 e. The minimum absolute atomic E-state index is 0.108. The van der Waals surface area contributed by atoms with E-state index >= 15 is 0 Å². The molecular formula is C15H21N5O2. The first-order chi connectivity index (χ1) is 10.6. The molecule has 7 nitrogen and oxygen atoms in total. The molecule has 7 heteroatoms. The van der Waals surface area contributed by atoms with Crippen LogP contribution in [0.3, 0.4) is 0 Å². The average Bonchev–Trinajstić information content (AvgIpc) is 3.17. The van der Waals surface area contributed by atoms with Crippen LogP contribution >= 0.6 is 0 Å². The van der Waals surface area contributed by atoms with E-state index in [0.717, 1.165) is 12.8 Å². The van der Waals surface area contributed by atoms with Crippen molar-refractivity contribution in [3.05, 3.63) is 23.8 Å². The van der Waals surface area contributed by atoms with E-state index in [1.165, 1.54) is 19.3 Å². The molecule has 1 aliphatic rings. The van der Waals surface area contributed by atoms with E-state index in [1.807, 2.05) is 13.8 Å². The molecule has 118 valence electrons. The fourth-order valence-electron chi connectivity index (χ4n) is 2.87. The van der Waals surface area contributed by atoms with E-state index in [4.69, 9.17) is 4.42 Å². The molecule has 0 aromatic carbocycles. The molecule has 0 aliphatic heterocycles. The zero-order valence-electron chi connectivity index (χ0n) is 13.0. The molecule has 2 heterocycles. The fraction of sp³-hybridized carbons (Fsp3) is 0.600. The van der Waals surface area contributed by atoms with Gasteiger partial charge in [0.25, 0.3) is 5.91 Å². The lowest BCUT2D eigenvalue weighted by Gasteiger charge is -2.17. The van der Waals surface area contributed by atoms with Crippen molar-refractivity contribution in [3.63, 3.8) is 0 Å². The summed E-state index contributed by atoms with van der Waals surface area (Å²) in [4.78, 5) is 12.3. The summed E-state index contributed by atoms with van der Waals surface area (Å²) < 4.78 is 7.27. The quantitative estimate of drug-likeness (QED) is 0.937. The monoisotopic (exact) mass is 303 g/mol. The number of rotatable bonds is 4. The second-order valence-electron chi connectivity index (χ2n) is 5.99. The van der Waals surface area contributed by atoms with Crippen LogP contribution in [0.4, 0.5) is 6.01 Å². The van der Waals surface area contributed by atoms with Gasteiger partial charge in [-0.3, -0.25) is 14.8 Å². The third kappa shape index (κ3) is 3.03. The number of nitrogens with zero attached hydrogens (tertiary/aromatic N) is 4. The van der Waals surface area contributed by atoms with Crippen molar-refractivity contribution in [1.29, 1.82) is 0 Å². The Kier molecular flexibility index (Phi) is 4.22. The summed E-state index contributed by atoms with van der Waals surface area (Å²) in [6.07, 6.45) is 7.43. The van der Waals surface area contributed by atoms with Crippen LogP contribution in [0.1, 0.15) is 74.3 Å². The number of aromatic nitrogens is 4. The van der Waals surface area contributed by atoms with Crippen molar-refractivity contribution in [1.82, 2.24) is 20.0 Å². The SMILES string of the molecule is CC(C)n1nccc1C(=O)Nc1nnc(C2CCCCC2)o1. The van der Waals surface area contributed by atoms with Crippen LogP contribution < -0.4 is 5.32 Å². The number of hydrogen-bond donors (Lipinski definition) is 1. The topological polar surface area (TPSA) is 85.8 Å². The number of hydrogen-bond acceptors (Lipinski definition) is 5. The zero-order valence-corrected chi connectivity index (χ0v) is 13.0. The molecule has 0 spiro atoms. The number of carbonyl (C=O) groups is 1. The Balaban J connectivity index is 1.69. The number of amides is 1. The maximum atomic E-state index is 12.3. The largest absolute Gasteiger partial charge is 0.408 e. The van der Waals surface area contributed by atoms with Crippen LogP contribution in [0, 0.1) is 0 Å². The van der Waals surface area contributed by atoms with E-state index in [0.29, 0.717) is 17.5 Å². The minimum atomic E-state index is -0.287. The van der Waals surface area contributed by atoms with Crippen molar-refractivity contribution in [2.75, 3.05) is 5.32 Å². The molecule has 0 saturated heterocycles. The molecule has 0 bridgehead atoms. The average molecular weight is 303 g/mol. The molecule has 2 aromatic rings. The van der Waals surface area contributed by atoms with Gasteiger partial charge >= 0.3 is 6.01 Å². The smallest absolute Gasteiger partial charge is 0.322 e. The van der Waals surface area contributed by atoms with Gasteiger partial charge in [0, 0.05) is 18.2 Å². The predicted molar refractivity (Wildman–Crippen MR) is 80.7 cm³/mol. The van der Waals surface area contributed by atoms with Gasteiger partial charge in [-0.25, -0.2) is 0 Å². The zero-order chi connectivity index (χ0) is 15.5. The van der Waals surface area contributed by atoms with Gasteiger partial charge in [0.05, 0.1) is 0 Å². The van der Waals surface area contributed by atoms with Crippen molar-refractivity contribution < 1.29 is 9.21 Å². The highest BCUT2D eigenvalue weighted by atomic mass is 16.4. The first kappa shape index (κ1) is 14.7. The van der Waals surface area contributed by atoms with Crippen LogP contribution in [0.25, 0.3) is 0 Å². The molecule has 1 N–H and O–H groups in total. The van der Waals surface area contributed by atoms with Gasteiger partial charge in [-0.05, 0) is 32.8 Å². The Morgan fingerprint density at radius 1 is 1.32 bits per heavy atom.